The Morgan fingerprint density at radius 2 is 2.11 bits per heavy atom. The average Bonchev–Trinajstić information content (AvgIpc) is 2.34. The molecule has 1 aromatic carbocycles. The normalized spacial score (nSPS) is 15.1. The van der Waals surface area contributed by atoms with Gasteiger partial charge in [-0.3, -0.25) is 4.79 Å². The third-order valence-corrected chi connectivity index (χ3v) is 4.41. The molecule has 0 unspecified atom stereocenters. The first-order chi connectivity index (χ1) is 9.06. The molecule has 1 amide bonds. The molecule has 0 N–H and O–H groups in total. The summed E-state index contributed by atoms with van der Waals surface area (Å²) in [4.78, 5) is 14.2. The highest BCUT2D eigenvalue weighted by Gasteiger charge is 2.21. The van der Waals surface area contributed by atoms with Crippen LogP contribution >= 0.6 is 11.8 Å². The van der Waals surface area contributed by atoms with Crippen LogP contribution in [0, 0.1) is 17.6 Å². The third kappa shape index (κ3) is 3.93. The molecule has 1 fully saturated rings. The van der Waals surface area contributed by atoms with Crippen molar-refractivity contribution in [1.29, 1.82) is 0 Å². The standard InChI is InChI=1S/C14H17F2NOS/c1-17(8-10-3-2-4-10)14(18)9-19-11-5-6-12(15)13(16)7-11/h5-7,10H,2-4,8-9H2,1H3. The minimum Gasteiger partial charge on any atom is -0.345 e. The van der Waals surface area contributed by atoms with Crippen molar-refractivity contribution < 1.29 is 13.6 Å². The quantitative estimate of drug-likeness (QED) is 0.774. The predicted octanol–water partition coefficient (Wildman–Crippen LogP) is 3.32. The predicted molar refractivity (Wildman–Crippen MR) is 72.1 cm³/mol. The summed E-state index contributed by atoms with van der Waals surface area (Å²) < 4.78 is 25.8. The number of carbonyl (C=O) groups is 1. The summed E-state index contributed by atoms with van der Waals surface area (Å²) in [6.07, 6.45) is 3.66. The number of thioether (sulfide) groups is 1. The molecule has 0 atom stereocenters. The summed E-state index contributed by atoms with van der Waals surface area (Å²) >= 11 is 1.23. The van der Waals surface area contributed by atoms with E-state index >= 15 is 0 Å². The van der Waals surface area contributed by atoms with Crippen molar-refractivity contribution in [3.8, 4) is 0 Å². The largest absolute Gasteiger partial charge is 0.345 e. The Balaban J connectivity index is 1.80. The van der Waals surface area contributed by atoms with Crippen LogP contribution < -0.4 is 0 Å². The molecule has 1 saturated carbocycles. The Kier molecular flexibility index (Phi) is 4.80. The van der Waals surface area contributed by atoms with Gasteiger partial charge in [0.2, 0.25) is 5.91 Å². The van der Waals surface area contributed by atoms with E-state index in [1.165, 1.54) is 37.1 Å². The molecule has 5 heteroatoms. The fourth-order valence-corrected chi connectivity index (χ4v) is 2.85. The van der Waals surface area contributed by atoms with Crippen molar-refractivity contribution in [2.75, 3.05) is 19.3 Å². The second kappa shape index (κ2) is 6.37. The molecule has 0 aliphatic heterocycles. The van der Waals surface area contributed by atoms with Gasteiger partial charge in [-0.05, 0) is 37.0 Å². The van der Waals surface area contributed by atoms with E-state index in [0.717, 1.165) is 18.7 Å². The van der Waals surface area contributed by atoms with Crippen LogP contribution in [0.2, 0.25) is 0 Å². The zero-order valence-electron chi connectivity index (χ0n) is 10.9. The smallest absolute Gasteiger partial charge is 0.232 e. The highest BCUT2D eigenvalue weighted by Crippen LogP contribution is 2.27. The Hall–Kier alpha value is -1.10. The molecule has 1 aliphatic rings. The van der Waals surface area contributed by atoms with Crippen LogP contribution in [0.1, 0.15) is 19.3 Å². The summed E-state index contributed by atoms with van der Waals surface area (Å²) in [6, 6.07) is 3.70. The van der Waals surface area contributed by atoms with Gasteiger partial charge in [0.15, 0.2) is 11.6 Å². The van der Waals surface area contributed by atoms with E-state index in [-0.39, 0.29) is 11.7 Å². The summed E-state index contributed by atoms with van der Waals surface area (Å²) in [5.74, 6) is -0.809. The van der Waals surface area contributed by atoms with Crippen molar-refractivity contribution in [3.05, 3.63) is 29.8 Å². The Labute approximate surface area is 116 Å². The lowest BCUT2D eigenvalue weighted by atomic mass is 9.85. The number of nitrogens with zero attached hydrogens (tertiary/aromatic N) is 1. The second-order valence-corrected chi connectivity index (χ2v) is 5.98. The number of hydrogen-bond acceptors (Lipinski definition) is 2. The lowest BCUT2D eigenvalue weighted by molar-refractivity contribution is -0.128. The summed E-state index contributed by atoms with van der Waals surface area (Å²) in [6.45, 7) is 0.803. The SMILES string of the molecule is CN(CC1CCC1)C(=O)CSc1ccc(F)c(F)c1. The van der Waals surface area contributed by atoms with Crippen LogP contribution in [0.4, 0.5) is 8.78 Å². The highest BCUT2D eigenvalue weighted by atomic mass is 32.2. The van der Waals surface area contributed by atoms with Gasteiger partial charge < -0.3 is 4.90 Å². The van der Waals surface area contributed by atoms with Crippen LogP contribution in [0.25, 0.3) is 0 Å². The number of halogens is 2. The van der Waals surface area contributed by atoms with E-state index in [1.54, 1.807) is 11.9 Å². The van der Waals surface area contributed by atoms with Crippen molar-refractivity contribution in [2.24, 2.45) is 5.92 Å². The van der Waals surface area contributed by atoms with E-state index < -0.39 is 11.6 Å². The zero-order chi connectivity index (χ0) is 13.8. The Morgan fingerprint density at radius 3 is 2.68 bits per heavy atom. The van der Waals surface area contributed by atoms with Gasteiger partial charge in [-0.1, -0.05) is 6.42 Å². The Morgan fingerprint density at radius 1 is 1.37 bits per heavy atom. The topological polar surface area (TPSA) is 20.3 Å². The summed E-state index contributed by atoms with van der Waals surface area (Å²) in [7, 11) is 1.80. The molecule has 0 bridgehead atoms. The molecule has 1 aromatic rings. The molecule has 104 valence electrons. The average molecular weight is 285 g/mol. The van der Waals surface area contributed by atoms with Crippen LogP contribution in [0.3, 0.4) is 0 Å². The highest BCUT2D eigenvalue weighted by molar-refractivity contribution is 8.00. The first-order valence-corrected chi connectivity index (χ1v) is 7.36. The van der Waals surface area contributed by atoms with Gasteiger partial charge in [0, 0.05) is 18.5 Å². The van der Waals surface area contributed by atoms with Gasteiger partial charge in [0.25, 0.3) is 0 Å². The van der Waals surface area contributed by atoms with Gasteiger partial charge in [-0.2, -0.15) is 0 Å². The number of rotatable bonds is 5. The molecule has 0 heterocycles. The first-order valence-electron chi connectivity index (χ1n) is 6.38. The zero-order valence-corrected chi connectivity index (χ0v) is 11.7. The maximum absolute atomic E-state index is 13.0. The molecule has 19 heavy (non-hydrogen) atoms. The summed E-state index contributed by atoms with van der Waals surface area (Å²) in [5, 5.41) is 0. The van der Waals surface area contributed by atoms with E-state index in [4.69, 9.17) is 0 Å². The third-order valence-electron chi connectivity index (χ3n) is 3.44. The molecule has 1 aliphatic carbocycles. The molecular weight excluding hydrogens is 268 g/mol. The molecule has 0 saturated heterocycles. The monoisotopic (exact) mass is 285 g/mol. The lowest BCUT2D eigenvalue weighted by Crippen LogP contribution is -2.35. The maximum atomic E-state index is 13.0. The number of amides is 1. The van der Waals surface area contributed by atoms with Crippen molar-refractivity contribution >= 4 is 17.7 Å². The maximum Gasteiger partial charge on any atom is 0.232 e. The summed E-state index contributed by atoms with van der Waals surface area (Å²) in [5.41, 5.74) is 0. The minimum absolute atomic E-state index is 0.0293. The van der Waals surface area contributed by atoms with E-state index in [1.807, 2.05) is 0 Å². The van der Waals surface area contributed by atoms with E-state index in [2.05, 4.69) is 0 Å². The molecule has 2 nitrogen and oxygen atoms in total. The second-order valence-electron chi connectivity index (χ2n) is 4.94. The van der Waals surface area contributed by atoms with Crippen LogP contribution in [-0.4, -0.2) is 30.2 Å². The van der Waals surface area contributed by atoms with Gasteiger partial charge in [0.1, 0.15) is 0 Å². The van der Waals surface area contributed by atoms with Gasteiger partial charge >= 0.3 is 0 Å². The van der Waals surface area contributed by atoms with Gasteiger partial charge in [-0.15, -0.1) is 11.8 Å². The fourth-order valence-electron chi connectivity index (χ4n) is 1.99. The molecular formula is C14H17F2NOS. The lowest BCUT2D eigenvalue weighted by Gasteiger charge is -2.30. The number of benzene rings is 1. The van der Waals surface area contributed by atoms with Gasteiger partial charge in [0.05, 0.1) is 5.75 Å². The minimum atomic E-state index is -0.875. The molecule has 0 radical (unpaired) electrons. The number of hydrogen-bond donors (Lipinski definition) is 0. The first kappa shape index (κ1) is 14.3. The van der Waals surface area contributed by atoms with Crippen molar-refractivity contribution in [2.45, 2.75) is 24.2 Å². The Bertz CT molecular complexity index is 463. The molecule has 0 spiro atoms. The van der Waals surface area contributed by atoms with Crippen LogP contribution in [0.5, 0.6) is 0 Å². The number of carbonyl (C=O) groups excluding carboxylic acids is 1. The van der Waals surface area contributed by atoms with Crippen molar-refractivity contribution in [1.82, 2.24) is 4.90 Å². The van der Waals surface area contributed by atoms with E-state index in [0.29, 0.717) is 10.8 Å². The molecule has 0 aromatic heterocycles. The van der Waals surface area contributed by atoms with Crippen molar-refractivity contribution in [3.63, 3.8) is 0 Å². The molecule has 2 rings (SSSR count). The fraction of sp³-hybridized carbons (Fsp3) is 0.500. The van der Waals surface area contributed by atoms with Crippen LogP contribution in [0.15, 0.2) is 23.1 Å². The van der Waals surface area contributed by atoms with Gasteiger partial charge in [-0.25, -0.2) is 8.78 Å². The van der Waals surface area contributed by atoms with E-state index in [9.17, 15) is 13.6 Å². The van der Waals surface area contributed by atoms with Crippen LogP contribution in [-0.2, 0) is 4.79 Å².